The first-order valence-electron chi connectivity index (χ1n) is 20.6. The van der Waals surface area contributed by atoms with Gasteiger partial charge in [0.15, 0.2) is 17.3 Å². The number of nitrogens with one attached hydrogen (secondary N) is 1. The van der Waals surface area contributed by atoms with Crippen LogP contribution in [-0.4, -0.2) is 74.3 Å². The third kappa shape index (κ3) is 6.90. The summed E-state index contributed by atoms with van der Waals surface area (Å²) >= 11 is 12.7. The highest BCUT2D eigenvalue weighted by molar-refractivity contribution is 6.33. The number of imide groups is 2. The number of rotatable bonds is 9. The maximum atomic E-state index is 15.5. The first-order chi connectivity index (χ1) is 29.7. The van der Waals surface area contributed by atoms with Crippen LogP contribution in [0.15, 0.2) is 96.7 Å². The minimum atomic E-state index is -4.75. The molecule has 2 N–H and O–H groups in total. The lowest BCUT2D eigenvalue weighted by molar-refractivity contribution is -0.144. The van der Waals surface area contributed by atoms with Crippen LogP contribution in [-0.2, 0) is 37.3 Å². The number of anilines is 1. The Morgan fingerprint density at radius 3 is 2.32 bits per heavy atom. The first kappa shape index (κ1) is 41.9. The van der Waals surface area contributed by atoms with Crippen LogP contribution in [0.3, 0.4) is 0 Å². The second-order valence-electron chi connectivity index (χ2n) is 16.6. The number of nitrogens with zero attached hydrogens (tertiary/aromatic N) is 4. The predicted octanol–water partition coefficient (Wildman–Crippen LogP) is 8.16. The summed E-state index contributed by atoms with van der Waals surface area (Å²) in [4.78, 5) is 67.5. The fourth-order valence-corrected chi connectivity index (χ4v) is 11.0. The van der Waals surface area contributed by atoms with Crippen molar-refractivity contribution < 1.29 is 42.2 Å². The molecule has 3 saturated heterocycles. The number of aromatic hydroxyl groups is 1. The molecular weight excluding hydrogens is 846 g/mol. The van der Waals surface area contributed by atoms with E-state index in [-0.39, 0.29) is 54.6 Å². The first-order valence-corrected chi connectivity index (χ1v) is 21.4. The number of pyridine rings is 1. The molecule has 322 valence electrons. The van der Waals surface area contributed by atoms with Crippen molar-refractivity contribution in [2.24, 2.45) is 23.7 Å². The maximum Gasteiger partial charge on any atom is 0.417 e. The van der Waals surface area contributed by atoms with Gasteiger partial charge in [-0.2, -0.15) is 18.2 Å². The molecule has 0 radical (unpaired) electrons. The molecule has 2 aliphatic carbocycles. The quantitative estimate of drug-likeness (QED) is 0.126. The largest absolute Gasteiger partial charge is 0.504 e. The van der Waals surface area contributed by atoms with Crippen molar-refractivity contribution in [2.75, 3.05) is 25.1 Å². The lowest BCUT2D eigenvalue weighted by Gasteiger charge is -2.50. The van der Waals surface area contributed by atoms with Gasteiger partial charge in [-0.3, -0.25) is 34.4 Å². The molecule has 1 saturated carbocycles. The molecule has 3 aliphatic heterocycles. The fraction of sp³-hybridized carbons (Fsp3) is 0.370. The average molecular weight is 889 g/mol. The molecular formula is C46H42Cl2F3N5O6. The summed E-state index contributed by atoms with van der Waals surface area (Å²) in [6.45, 7) is 4.12. The Kier molecular flexibility index (Phi) is 10.8. The third-order valence-electron chi connectivity index (χ3n) is 13.4. The number of fused-ring (bicyclic) bond motifs is 4. The van der Waals surface area contributed by atoms with Crippen LogP contribution in [0.1, 0.15) is 60.8 Å². The summed E-state index contributed by atoms with van der Waals surface area (Å²) in [5.74, 6) is -6.71. The van der Waals surface area contributed by atoms with E-state index >= 15 is 9.59 Å². The Balaban J connectivity index is 1.13. The Labute approximate surface area is 365 Å². The van der Waals surface area contributed by atoms with E-state index in [0.29, 0.717) is 59.9 Å². The molecule has 1 aromatic heterocycles. The number of phenols is 1. The normalized spacial score (nSPS) is 26.6. The number of likely N-dealkylation sites (tertiary alicyclic amines) is 2. The van der Waals surface area contributed by atoms with Crippen LogP contribution < -0.4 is 10.2 Å². The Morgan fingerprint density at radius 2 is 1.65 bits per heavy atom. The Morgan fingerprint density at radius 1 is 0.919 bits per heavy atom. The molecule has 0 bridgehead atoms. The van der Waals surface area contributed by atoms with Gasteiger partial charge in [0, 0.05) is 42.8 Å². The highest BCUT2D eigenvalue weighted by Crippen LogP contribution is 2.64. The number of amides is 4. The highest BCUT2D eigenvalue weighted by atomic mass is 35.5. The smallest absolute Gasteiger partial charge is 0.417 e. The predicted molar refractivity (Wildman–Crippen MR) is 223 cm³/mol. The van der Waals surface area contributed by atoms with Crippen molar-refractivity contribution in [3.63, 3.8) is 0 Å². The number of hydrazine groups is 1. The van der Waals surface area contributed by atoms with Crippen LogP contribution in [0, 0.1) is 23.7 Å². The van der Waals surface area contributed by atoms with Crippen LogP contribution in [0.5, 0.6) is 11.5 Å². The van der Waals surface area contributed by atoms with E-state index in [1.165, 1.54) is 16.5 Å². The van der Waals surface area contributed by atoms with Gasteiger partial charge in [0.05, 0.1) is 40.4 Å². The summed E-state index contributed by atoms with van der Waals surface area (Å²) in [6.07, 6.45) is -0.845. The summed E-state index contributed by atoms with van der Waals surface area (Å²) < 4.78 is 46.6. The van der Waals surface area contributed by atoms with Crippen molar-refractivity contribution >= 4 is 52.6 Å². The molecule has 9 rings (SSSR count). The zero-order valence-corrected chi connectivity index (χ0v) is 35.0. The highest BCUT2D eigenvalue weighted by Gasteiger charge is 2.70. The van der Waals surface area contributed by atoms with Gasteiger partial charge in [0.25, 0.3) is 11.8 Å². The molecule has 6 unspecified atom stereocenters. The molecule has 4 aromatic rings. The minimum absolute atomic E-state index is 0.0121. The molecule has 11 nitrogen and oxygen atoms in total. The number of phenolic OH excluding ortho intramolecular Hbond substituents is 1. The van der Waals surface area contributed by atoms with E-state index < -0.39 is 63.6 Å². The standard InChI is InChI=1S/C46H42Cl2F3N5O6/c1-2-62-37-20-26(8-15-36(37)57)39-31-13-14-32-38(43(60)55(41(32)58)30-16-18-54(19-17-30)24-25-6-4-3-5-7-25)33(31)22-34-42(59)56(44(61)45(34,39)27-9-11-29(47)12-10-27)53-40-35(48)21-28(23-52-40)46(49,50)51/h3-13,15,20-21,23,30,32-34,38-39,57H,2,14,16-19,22,24H2,1H3,(H,52,53). The van der Waals surface area contributed by atoms with E-state index in [4.69, 9.17) is 27.9 Å². The fourth-order valence-electron chi connectivity index (χ4n) is 10.7. The second kappa shape index (κ2) is 16.0. The van der Waals surface area contributed by atoms with E-state index in [1.54, 1.807) is 43.3 Å². The molecule has 16 heteroatoms. The number of hydrogen-bond donors (Lipinski definition) is 2. The number of alkyl halides is 3. The number of piperidine rings is 1. The summed E-state index contributed by atoms with van der Waals surface area (Å²) in [7, 11) is 0. The minimum Gasteiger partial charge on any atom is -0.504 e. The Bertz CT molecular complexity index is 2480. The molecule has 6 atom stereocenters. The molecule has 4 amide bonds. The van der Waals surface area contributed by atoms with Crippen LogP contribution in [0.2, 0.25) is 10.0 Å². The van der Waals surface area contributed by atoms with Crippen LogP contribution >= 0.6 is 23.2 Å². The Hall–Kier alpha value is -5.44. The van der Waals surface area contributed by atoms with Gasteiger partial charge in [-0.05, 0) is 85.5 Å². The van der Waals surface area contributed by atoms with Gasteiger partial charge in [-0.25, -0.2) is 4.98 Å². The summed E-state index contributed by atoms with van der Waals surface area (Å²) in [6, 6.07) is 21.7. The molecule has 3 aromatic carbocycles. The zero-order chi connectivity index (χ0) is 43.7. The average Bonchev–Trinajstić information content (AvgIpc) is 3.63. The number of halogens is 5. The molecule has 0 spiro atoms. The van der Waals surface area contributed by atoms with Gasteiger partial charge in [-0.15, -0.1) is 0 Å². The number of benzene rings is 3. The van der Waals surface area contributed by atoms with Crippen LogP contribution in [0.25, 0.3) is 0 Å². The monoisotopic (exact) mass is 887 g/mol. The van der Waals surface area contributed by atoms with E-state index in [0.717, 1.165) is 11.6 Å². The number of carbonyl (C=O) groups excluding carboxylic acids is 4. The van der Waals surface area contributed by atoms with E-state index in [2.05, 4.69) is 27.4 Å². The van der Waals surface area contributed by atoms with Gasteiger partial charge >= 0.3 is 6.18 Å². The van der Waals surface area contributed by atoms with Gasteiger partial charge in [0.2, 0.25) is 11.8 Å². The van der Waals surface area contributed by atoms with Gasteiger partial charge in [-0.1, -0.05) is 83.4 Å². The number of hydrogen-bond acceptors (Lipinski definition) is 9. The number of aromatic nitrogens is 1. The number of carbonyl (C=O) groups is 4. The van der Waals surface area contributed by atoms with E-state index in [9.17, 15) is 27.9 Å². The molecule has 4 heterocycles. The van der Waals surface area contributed by atoms with Gasteiger partial charge in [0.1, 0.15) is 0 Å². The van der Waals surface area contributed by atoms with E-state index in [1.807, 2.05) is 24.3 Å². The summed E-state index contributed by atoms with van der Waals surface area (Å²) in [5.41, 5.74) is 2.57. The lowest BCUT2D eigenvalue weighted by Crippen LogP contribution is -2.53. The van der Waals surface area contributed by atoms with Crippen molar-refractivity contribution in [2.45, 2.75) is 62.7 Å². The zero-order valence-electron chi connectivity index (χ0n) is 33.4. The topological polar surface area (TPSA) is 132 Å². The number of ether oxygens (including phenoxy) is 1. The maximum absolute atomic E-state index is 15.5. The van der Waals surface area contributed by atoms with Crippen molar-refractivity contribution in [3.05, 3.63) is 129 Å². The van der Waals surface area contributed by atoms with Crippen LogP contribution in [0.4, 0.5) is 19.0 Å². The molecule has 5 aliphatic rings. The number of allylic oxidation sites excluding steroid dienone is 2. The molecule has 62 heavy (non-hydrogen) atoms. The summed E-state index contributed by atoms with van der Waals surface area (Å²) in [5, 5.41) is 11.5. The van der Waals surface area contributed by atoms with Crippen molar-refractivity contribution in [3.8, 4) is 11.5 Å². The second-order valence-corrected chi connectivity index (χ2v) is 17.5. The SMILES string of the molecule is CCOc1cc(C2C3=CCC4C(=O)N(C5CCN(Cc6ccccc6)CC5)C(=O)C4C3CC3C(=O)N(Nc4ncc(C(F)(F)F)cc4Cl)C(=O)C32c2ccc(Cl)cc2)ccc1O. The van der Waals surface area contributed by atoms with Gasteiger partial charge < -0.3 is 9.84 Å². The van der Waals surface area contributed by atoms with Crippen molar-refractivity contribution in [1.29, 1.82) is 0 Å². The molecule has 4 fully saturated rings. The van der Waals surface area contributed by atoms with Crippen molar-refractivity contribution in [1.82, 2.24) is 19.8 Å². The lowest BCUT2D eigenvalue weighted by atomic mass is 9.49. The third-order valence-corrected chi connectivity index (χ3v) is 13.9.